The molecule has 122 valence electrons. The first kappa shape index (κ1) is 16.4. The number of hydrogen-bond donors (Lipinski definition) is 2. The lowest BCUT2D eigenvalue weighted by molar-refractivity contribution is 0.0959. The van der Waals surface area contributed by atoms with Crippen LogP contribution < -0.4 is 10.6 Å². The third-order valence-electron chi connectivity index (χ3n) is 3.09. The summed E-state index contributed by atoms with van der Waals surface area (Å²) in [6.07, 6.45) is 4.87. The van der Waals surface area contributed by atoms with Crippen LogP contribution in [0.3, 0.4) is 0 Å². The van der Waals surface area contributed by atoms with Gasteiger partial charge in [-0.25, -0.2) is 15.0 Å². The van der Waals surface area contributed by atoms with Gasteiger partial charge >= 0.3 is 0 Å². The smallest absolute Gasteiger partial charge is 0.263 e. The minimum Gasteiger partial charge on any atom is -0.352 e. The number of thiazole rings is 1. The topological polar surface area (TPSA) is 79.8 Å². The van der Waals surface area contributed by atoms with Crippen molar-refractivity contribution in [2.75, 3.05) is 18.4 Å². The predicted octanol–water partition coefficient (Wildman–Crippen LogP) is 3.10. The number of aromatic nitrogens is 3. The van der Waals surface area contributed by atoms with E-state index in [1.165, 1.54) is 11.3 Å². The maximum absolute atomic E-state index is 12.2. The summed E-state index contributed by atoms with van der Waals surface area (Å²) in [4.78, 5) is 25.1. The highest BCUT2D eigenvalue weighted by molar-refractivity contribution is 7.17. The lowest BCUT2D eigenvalue weighted by atomic mass is 10.2. The number of rotatable bonds is 6. The van der Waals surface area contributed by atoms with E-state index in [2.05, 4.69) is 25.6 Å². The van der Waals surface area contributed by atoms with Gasteiger partial charge in [-0.1, -0.05) is 29.8 Å². The second-order valence-corrected chi connectivity index (χ2v) is 6.20. The van der Waals surface area contributed by atoms with Crippen LogP contribution in [0.4, 0.5) is 5.95 Å². The average molecular weight is 360 g/mol. The molecule has 8 heteroatoms. The number of carbonyl (C=O) groups is 1. The van der Waals surface area contributed by atoms with E-state index in [1.54, 1.807) is 30.7 Å². The van der Waals surface area contributed by atoms with Gasteiger partial charge in [-0.05, 0) is 12.1 Å². The number of benzene rings is 1. The number of nitrogens with one attached hydrogen (secondary N) is 2. The SMILES string of the molecule is O=C(NCCNc1ncccn1)c1cnc(-c2ccccc2Cl)s1. The highest BCUT2D eigenvalue weighted by Gasteiger charge is 2.12. The van der Waals surface area contributed by atoms with Gasteiger partial charge in [0.25, 0.3) is 5.91 Å². The van der Waals surface area contributed by atoms with Crippen molar-refractivity contribution in [3.8, 4) is 10.6 Å². The maximum Gasteiger partial charge on any atom is 0.263 e. The lowest BCUT2D eigenvalue weighted by Crippen LogP contribution is -2.28. The van der Waals surface area contributed by atoms with Crippen molar-refractivity contribution in [2.24, 2.45) is 0 Å². The van der Waals surface area contributed by atoms with Crippen molar-refractivity contribution in [1.29, 1.82) is 0 Å². The van der Waals surface area contributed by atoms with Gasteiger partial charge in [0.15, 0.2) is 0 Å². The van der Waals surface area contributed by atoms with Gasteiger partial charge in [-0.2, -0.15) is 0 Å². The van der Waals surface area contributed by atoms with Crippen LogP contribution in [0.2, 0.25) is 5.02 Å². The Kier molecular flexibility index (Phi) is 5.35. The molecule has 3 aromatic rings. The number of carbonyl (C=O) groups excluding carboxylic acids is 1. The minimum absolute atomic E-state index is 0.165. The molecule has 0 radical (unpaired) electrons. The molecule has 0 aliphatic carbocycles. The standard InChI is InChI=1S/C16H14ClN5OS/c17-12-5-2-1-4-11(12)15-22-10-13(24-15)14(23)18-8-9-21-16-19-6-3-7-20-16/h1-7,10H,8-9H2,(H,18,23)(H,19,20,21). The molecular formula is C16H14ClN5OS. The number of anilines is 1. The molecule has 0 unspecified atom stereocenters. The summed E-state index contributed by atoms with van der Waals surface area (Å²) in [5, 5.41) is 7.19. The Hall–Kier alpha value is -2.51. The molecule has 0 spiro atoms. The maximum atomic E-state index is 12.2. The van der Waals surface area contributed by atoms with Crippen LogP contribution in [-0.4, -0.2) is 33.9 Å². The Labute approximate surface area is 148 Å². The van der Waals surface area contributed by atoms with E-state index in [0.717, 1.165) is 10.6 Å². The molecular weight excluding hydrogens is 346 g/mol. The molecule has 0 aliphatic rings. The normalized spacial score (nSPS) is 10.4. The fourth-order valence-electron chi connectivity index (χ4n) is 1.97. The largest absolute Gasteiger partial charge is 0.352 e. The van der Waals surface area contributed by atoms with Crippen LogP contribution in [-0.2, 0) is 0 Å². The van der Waals surface area contributed by atoms with Crippen molar-refractivity contribution in [1.82, 2.24) is 20.3 Å². The van der Waals surface area contributed by atoms with Crippen molar-refractivity contribution in [3.63, 3.8) is 0 Å². The second-order valence-electron chi connectivity index (χ2n) is 4.76. The molecule has 0 fully saturated rings. The zero-order chi connectivity index (χ0) is 16.8. The molecule has 2 N–H and O–H groups in total. The highest BCUT2D eigenvalue weighted by atomic mass is 35.5. The van der Waals surface area contributed by atoms with Crippen LogP contribution in [0, 0.1) is 0 Å². The number of amides is 1. The van der Waals surface area contributed by atoms with E-state index in [-0.39, 0.29) is 5.91 Å². The van der Waals surface area contributed by atoms with Gasteiger partial charge in [0.05, 0.1) is 11.2 Å². The van der Waals surface area contributed by atoms with E-state index < -0.39 is 0 Å². The molecule has 6 nitrogen and oxygen atoms in total. The molecule has 0 saturated carbocycles. The van der Waals surface area contributed by atoms with Crippen LogP contribution in [0.1, 0.15) is 9.67 Å². The van der Waals surface area contributed by atoms with Gasteiger partial charge in [-0.3, -0.25) is 4.79 Å². The predicted molar refractivity (Wildman–Crippen MR) is 95.4 cm³/mol. The van der Waals surface area contributed by atoms with E-state index in [4.69, 9.17) is 11.6 Å². The third-order valence-corrected chi connectivity index (χ3v) is 4.45. The molecule has 0 saturated heterocycles. The molecule has 2 aromatic heterocycles. The molecule has 1 aromatic carbocycles. The van der Waals surface area contributed by atoms with Gasteiger partial charge in [0.1, 0.15) is 9.88 Å². The fourth-order valence-corrected chi connectivity index (χ4v) is 3.12. The summed E-state index contributed by atoms with van der Waals surface area (Å²) >= 11 is 7.46. The Balaban J connectivity index is 1.54. The summed E-state index contributed by atoms with van der Waals surface area (Å²) < 4.78 is 0. The van der Waals surface area contributed by atoms with Crippen LogP contribution in [0.15, 0.2) is 48.9 Å². The molecule has 1 amide bonds. The quantitative estimate of drug-likeness (QED) is 0.661. The highest BCUT2D eigenvalue weighted by Crippen LogP contribution is 2.30. The van der Waals surface area contributed by atoms with Crippen molar-refractivity contribution in [2.45, 2.75) is 0 Å². The van der Waals surface area contributed by atoms with Gasteiger partial charge in [-0.15, -0.1) is 11.3 Å². The Morgan fingerprint density at radius 3 is 2.67 bits per heavy atom. The molecule has 24 heavy (non-hydrogen) atoms. The van der Waals surface area contributed by atoms with E-state index in [1.807, 2.05) is 18.2 Å². The Morgan fingerprint density at radius 1 is 1.08 bits per heavy atom. The summed E-state index contributed by atoms with van der Waals surface area (Å²) in [5.41, 5.74) is 0.825. The van der Waals surface area contributed by atoms with Crippen molar-refractivity contribution >= 4 is 34.8 Å². The van der Waals surface area contributed by atoms with E-state index in [0.29, 0.717) is 28.9 Å². The van der Waals surface area contributed by atoms with Crippen LogP contribution in [0.25, 0.3) is 10.6 Å². The minimum atomic E-state index is -0.165. The van der Waals surface area contributed by atoms with E-state index >= 15 is 0 Å². The number of nitrogens with zero attached hydrogens (tertiary/aromatic N) is 3. The first-order valence-corrected chi connectivity index (χ1v) is 8.43. The first-order chi connectivity index (χ1) is 11.7. The number of hydrogen-bond acceptors (Lipinski definition) is 6. The molecule has 2 heterocycles. The first-order valence-electron chi connectivity index (χ1n) is 7.24. The molecule has 3 rings (SSSR count). The fraction of sp³-hybridized carbons (Fsp3) is 0.125. The lowest BCUT2D eigenvalue weighted by Gasteiger charge is -2.05. The average Bonchev–Trinajstić information content (AvgIpc) is 3.10. The number of halogens is 1. The third kappa shape index (κ3) is 4.06. The monoisotopic (exact) mass is 359 g/mol. The summed E-state index contributed by atoms with van der Waals surface area (Å²) in [6, 6.07) is 9.17. The van der Waals surface area contributed by atoms with Crippen molar-refractivity contribution in [3.05, 3.63) is 58.8 Å². The van der Waals surface area contributed by atoms with Gasteiger partial charge < -0.3 is 10.6 Å². The summed E-state index contributed by atoms with van der Waals surface area (Å²) in [5.74, 6) is 0.368. The van der Waals surface area contributed by atoms with Gasteiger partial charge in [0.2, 0.25) is 5.95 Å². The molecule has 0 aliphatic heterocycles. The molecule has 0 bridgehead atoms. The van der Waals surface area contributed by atoms with Crippen LogP contribution in [0.5, 0.6) is 0 Å². The molecule has 0 atom stereocenters. The Morgan fingerprint density at radius 2 is 1.88 bits per heavy atom. The summed E-state index contributed by atoms with van der Waals surface area (Å²) in [6.45, 7) is 0.988. The van der Waals surface area contributed by atoms with E-state index in [9.17, 15) is 4.79 Å². The second kappa shape index (κ2) is 7.85. The Bertz CT molecular complexity index is 824. The zero-order valence-electron chi connectivity index (χ0n) is 12.6. The van der Waals surface area contributed by atoms with Crippen molar-refractivity contribution < 1.29 is 4.79 Å². The van der Waals surface area contributed by atoms with Gasteiger partial charge in [0, 0.05) is 31.0 Å². The zero-order valence-corrected chi connectivity index (χ0v) is 14.1. The summed E-state index contributed by atoms with van der Waals surface area (Å²) in [7, 11) is 0. The van der Waals surface area contributed by atoms with Crippen LogP contribution >= 0.6 is 22.9 Å².